The summed E-state index contributed by atoms with van der Waals surface area (Å²) in [4.78, 5) is 13.6. The molecule has 4 nitrogen and oxygen atoms in total. The Labute approximate surface area is 109 Å². The van der Waals surface area contributed by atoms with Gasteiger partial charge in [0.2, 0.25) is 0 Å². The zero-order valence-electron chi connectivity index (χ0n) is 11.7. The number of para-hydroxylation sites is 1. The minimum Gasteiger partial charge on any atom is -0.388 e. The molecule has 1 rings (SSSR count). The first-order chi connectivity index (χ1) is 8.23. The van der Waals surface area contributed by atoms with Crippen LogP contribution in [0.5, 0.6) is 0 Å². The molecule has 0 aliphatic carbocycles. The van der Waals surface area contributed by atoms with Crippen molar-refractivity contribution in [2.75, 3.05) is 19.4 Å². The van der Waals surface area contributed by atoms with Crippen molar-refractivity contribution >= 4 is 11.6 Å². The molecular formula is C14H22N2O2. The second-order valence-corrected chi connectivity index (χ2v) is 5.26. The van der Waals surface area contributed by atoms with Gasteiger partial charge < -0.3 is 15.3 Å². The summed E-state index contributed by atoms with van der Waals surface area (Å²) in [7, 11) is 3.44. The van der Waals surface area contributed by atoms with Gasteiger partial charge in [0.25, 0.3) is 5.91 Å². The summed E-state index contributed by atoms with van der Waals surface area (Å²) in [5, 5.41) is 13.1. The normalized spacial score (nSPS) is 13.0. The lowest BCUT2D eigenvalue weighted by atomic mass is 10.00. The van der Waals surface area contributed by atoms with Gasteiger partial charge in [-0.05, 0) is 32.9 Å². The number of carbonyl (C=O) groups is 1. The Morgan fingerprint density at radius 3 is 2.39 bits per heavy atom. The maximum atomic E-state index is 12.0. The van der Waals surface area contributed by atoms with Crippen molar-refractivity contribution in [3.05, 3.63) is 29.8 Å². The Balaban J connectivity index is 3.00. The summed E-state index contributed by atoms with van der Waals surface area (Å²) in [5.41, 5.74) is 0.498. The number of anilines is 1. The molecule has 0 radical (unpaired) electrons. The summed E-state index contributed by atoms with van der Waals surface area (Å²) in [5.74, 6) is -0.0546. The number of aliphatic hydroxyl groups is 1. The lowest BCUT2D eigenvalue weighted by Crippen LogP contribution is -2.40. The lowest BCUT2D eigenvalue weighted by Gasteiger charge is -2.28. The minimum absolute atomic E-state index is 0.0546. The van der Waals surface area contributed by atoms with Crippen molar-refractivity contribution in [2.45, 2.75) is 32.4 Å². The Kier molecular flexibility index (Phi) is 4.35. The van der Waals surface area contributed by atoms with Crippen LogP contribution in [0.25, 0.3) is 0 Å². The number of benzene rings is 1. The maximum Gasteiger partial charge on any atom is 0.255 e. The molecule has 1 unspecified atom stereocenters. The molecule has 0 spiro atoms. The number of carbonyl (C=O) groups excluding carboxylic acids is 1. The second kappa shape index (κ2) is 5.40. The summed E-state index contributed by atoms with van der Waals surface area (Å²) >= 11 is 0. The van der Waals surface area contributed by atoms with E-state index in [2.05, 4.69) is 5.32 Å². The van der Waals surface area contributed by atoms with Crippen molar-refractivity contribution in [3.63, 3.8) is 0 Å². The Hall–Kier alpha value is -1.55. The van der Waals surface area contributed by atoms with Crippen molar-refractivity contribution in [2.24, 2.45) is 0 Å². The van der Waals surface area contributed by atoms with Crippen LogP contribution in [0.4, 0.5) is 5.69 Å². The molecule has 0 heterocycles. The van der Waals surface area contributed by atoms with Crippen molar-refractivity contribution in [3.8, 4) is 0 Å². The van der Waals surface area contributed by atoms with Crippen LogP contribution >= 0.6 is 0 Å². The van der Waals surface area contributed by atoms with Crippen LogP contribution in [0.2, 0.25) is 0 Å². The highest BCUT2D eigenvalue weighted by atomic mass is 16.3. The van der Waals surface area contributed by atoms with E-state index in [1.165, 1.54) is 4.90 Å². The number of hydrogen-bond acceptors (Lipinski definition) is 3. The van der Waals surface area contributed by atoms with Gasteiger partial charge in [0.05, 0.1) is 17.2 Å². The number of nitrogens with one attached hydrogen (secondary N) is 1. The number of nitrogens with zero attached hydrogens (tertiary/aromatic N) is 1. The number of hydrogen-bond donors (Lipinski definition) is 2. The average Bonchev–Trinajstić information content (AvgIpc) is 2.27. The Morgan fingerprint density at radius 2 is 1.89 bits per heavy atom. The molecule has 0 bridgehead atoms. The van der Waals surface area contributed by atoms with E-state index in [1.807, 2.05) is 25.1 Å². The Morgan fingerprint density at radius 1 is 1.33 bits per heavy atom. The second-order valence-electron chi connectivity index (χ2n) is 5.26. The van der Waals surface area contributed by atoms with Crippen LogP contribution < -0.4 is 5.32 Å². The van der Waals surface area contributed by atoms with E-state index in [0.717, 1.165) is 5.69 Å². The first-order valence-electron chi connectivity index (χ1n) is 6.03. The van der Waals surface area contributed by atoms with Crippen LogP contribution in [-0.4, -0.2) is 41.7 Å². The fourth-order valence-electron chi connectivity index (χ4n) is 1.45. The zero-order valence-corrected chi connectivity index (χ0v) is 11.7. The molecule has 1 amide bonds. The predicted molar refractivity (Wildman–Crippen MR) is 73.8 cm³/mol. The van der Waals surface area contributed by atoms with Gasteiger partial charge in [-0.3, -0.25) is 4.79 Å². The lowest BCUT2D eigenvalue weighted by molar-refractivity contribution is 0.0647. The van der Waals surface area contributed by atoms with Crippen molar-refractivity contribution < 1.29 is 9.90 Å². The van der Waals surface area contributed by atoms with Crippen molar-refractivity contribution in [1.82, 2.24) is 4.90 Å². The summed E-state index contributed by atoms with van der Waals surface area (Å²) in [6.07, 6.45) is 0. The molecular weight excluding hydrogens is 228 g/mol. The predicted octanol–water partition coefficient (Wildman–Crippen LogP) is 1.96. The number of amides is 1. The molecule has 0 aromatic heterocycles. The molecule has 2 N–H and O–H groups in total. The van der Waals surface area contributed by atoms with Gasteiger partial charge in [-0.15, -0.1) is 0 Å². The summed E-state index contributed by atoms with van der Waals surface area (Å²) in [6.45, 7) is 5.36. The highest BCUT2D eigenvalue weighted by Gasteiger charge is 2.23. The van der Waals surface area contributed by atoms with Gasteiger partial charge in [0.1, 0.15) is 0 Å². The van der Waals surface area contributed by atoms with E-state index in [1.54, 1.807) is 34.0 Å². The molecule has 4 heteroatoms. The van der Waals surface area contributed by atoms with E-state index < -0.39 is 5.60 Å². The topological polar surface area (TPSA) is 52.6 Å². The fraction of sp³-hybridized carbons (Fsp3) is 0.500. The van der Waals surface area contributed by atoms with Gasteiger partial charge >= 0.3 is 0 Å². The average molecular weight is 250 g/mol. The largest absolute Gasteiger partial charge is 0.388 e. The SMILES string of the molecule is CC(Nc1ccccc1C(=O)N(C)C)C(C)(C)O. The fourth-order valence-corrected chi connectivity index (χ4v) is 1.45. The van der Waals surface area contributed by atoms with Crippen LogP contribution in [0.1, 0.15) is 31.1 Å². The van der Waals surface area contributed by atoms with Crippen LogP contribution in [-0.2, 0) is 0 Å². The van der Waals surface area contributed by atoms with Gasteiger partial charge in [-0.2, -0.15) is 0 Å². The first-order valence-corrected chi connectivity index (χ1v) is 6.03. The zero-order chi connectivity index (χ0) is 13.9. The van der Waals surface area contributed by atoms with Crippen LogP contribution in [0.3, 0.4) is 0 Å². The van der Waals surface area contributed by atoms with E-state index in [-0.39, 0.29) is 11.9 Å². The Bertz CT molecular complexity index is 422. The molecule has 0 fully saturated rings. The van der Waals surface area contributed by atoms with E-state index in [4.69, 9.17) is 0 Å². The third-order valence-corrected chi connectivity index (χ3v) is 3.00. The maximum absolute atomic E-state index is 12.0. The van der Waals surface area contributed by atoms with Gasteiger partial charge in [-0.25, -0.2) is 0 Å². The van der Waals surface area contributed by atoms with E-state index in [9.17, 15) is 9.90 Å². The molecule has 100 valence electrons. The molecule has 1 aromatic rings. The quantitative estimate of drug-likeness (QED) is 0.859. The summed E-state index contributed by atoms with van der Waals surface area (Å²) < 4.78 is 0. The van der Waals surface area contributed by atoms with E-state index in [0.29, 0.717) is 5.56 Å². The molecule has 0 saturated heterocycles. The van der Waals surface area contributed by atoms with Crippen LogP contribution in [0.15, 0.2) is 24.3 Å². The highest BCUT2D eigenvalue weighted by molar-refractivity contribution is 5.99. The molecule has 0 aliphatic rings. The van der Waals surface area contributed by atoms with Crippen LogP contribution in [0, 0.1) is 0 Å². The molecule has 1 atom stereocenters. The van der Waals surface area contributed by atoms with Gasteiger partial charge in [-0.1, -0.05) is 12.1 Å². The third-order valence-electron chi connectivity index (χ3n) is 3.00. The van der Waals surface area contributed by atoms with Crippen molar-refractivity contribution in [1.29, 1.82) is 0 Å². The standard InChI is InChI=1S/C14H22N2O2/c1-10(14(2,3)18)15-12-9-7-6-8-11(12)13(17)16(4)5/h6-10,15,18H,1-5H3. The van der Waals surface area contributed by atoms with Gasteiger partial charge in [0, 0.05) is 19.8 Å². The van der Waals surface area contributed by atoms with E-state index >= 15 is 0 Å². The summed E-state index contributed by atoms with van der Waals surface area (Å²) in [6, 6.07) is 7.16. The molecule has 0 aliphatic heterocycles. The third kappa shape index (κ3) is 3.47. The van der Waals surface area contributed by atoms with Gasteiger partial charge in [0.15, 0.2) is 0 Å². The monoisotopic (exact) mass is 250 g/mol. The number of rotatable bonds is 4. The highest BCUT2D eigenvalue weighted by Crippen LogP contribution is 2.20. The smallest absolute Gasteiger partial charge is 0.255 e. The molecule has 18 heavy (non-hydrogen) atoms. The minimum atomic E-state index is -0.853. The molecule has 0 saturated carbocycles. The first kappa shape index (κ1) is 14.5. The molecule has 1 aromatic carbocycles.